The number of hydrogen-bond donors (Lipinski definition) is 4. The summed E-state index contributed by atoms with van der Waals surface area (Å²) in [5, 5.41) is 11.9. The van der Waals surface area contributed by atoms with Crippen LogP contribution in [-0.2, 0) is 4.79 Å². The van der Waals surface area contributed by atoms with E-state index in [4.69, 9.17) is 16.6 Å². The SMILES string of the molecule is CC[C@@](CCCN=C(N)N)(NC)C(=O)O. The van der Waals surface area contributed by atoms with Gasteiger partial charge in [-0.3, -0.25) is 9.79 Å². The number of likely N-dealkylation sites (N-methyl/N-ethyl adjacent to an activating group) is 1. The Labute approximate surface area is 89.7 Å². The standard InChI is InChI=1S/C9H20N4O2/c1-3-9(12-2,7(14)15)5-4-6-13-8(10)11/h12H,3-6H2,1-2H3,(H,14,15)(H4,10,11,13)/t9-/m0/s1. The van der Waals surface area contributed by atoms with E-state index in [1.54, 1.807) is 7.05 Å². The van der Waals surface area contributed by atoms with E-state index in [-0.39, 0.29) is 5.96 Å². The first-order valence-electron chi connectivity index (χ1n) is 4.96. The molecule has 6 nitrogen and oxygen atoms in total. The lowest BCUT2D eigenvalue weighted by molar-refractivity contribution is -0.145. The van der Waals surface area contributed by atoms with Crippen molar-refractivity contribution in [2.24, 2.45) is 16.5 Å². The normalized spacial score (nSPS) is 14.3. The van der Waals surface area contributed by atoms with Crippen molar-refractivity contribution in [2.75, 3.05) is 13.6 Å². The molecule has 1 atom stereocenters. The first-order valence-corrected chi connectivity index (χ1v) is 4.96. The van der Waals surface area contributed by atoms with Crippen LogP contribution in [-0.4, -0.2) is 36.2 Å². The van der Waals surface area contributed by atoms with Crippen LogP contribution in [0.25, 0.3) is 0 Å². The zero-order valence-electron chi connectivity index (χ0n) is 9.29. The van der Waals surface area contributed by atoms with Crippen molar-refractivity contribution in [3.05, 3.63) is 0 Å². The van der Waals surface area contributed by atoms with Gasteiger partial charge in [0, 0.05) is 6.54 Å². The van der Waals surface area contributed by atoms with Gasteiger partial charge in [0.15, 0.2) is 5.96 Å². The molecule has 0 saturated heterocycles. The Morgan fingerprint density at radius 3 is 2.47 bits per heavy atom. The molecule has 0 aromatic heterocycles. The molecule has 0 saturated carbocycles. The number of aliphatic carboxylic acids is 1. The van der Waals surface area contributed by atoms with E-state index in [0.717, 1.165) is 0 Å². The van der Waals surface area contributed by atoms with E-state index in [9.17, 15) is 4.79 Å². The molecule has 0 fully saturated rings. The van der Waals surface area contributed by atoms with Gasteiger partial charge in [0.25, 0.3) is 0 Å². The van der Waals surface area contributed by atoms with Crippen LogP contribution in [0, 0.1) is 0 Å². The number of carbonyl (C=O) groups is 1. The number of carboxylic acid groups (broad SMARTS) is 1. The van der Waals surface area contributed by atoms with Crippen molar-refractivity contribution < 1.29 is 9.90 Å². The number of nitrogens with zero attached hydrogens (tertiary/aromatic N) is 1. The van der Waals surface area contributed by atoms with Gasteiger partial charge in [0.2, 0.25) is 0 Å². The second-order valence-corrected chi connectivity index (χ2v) is 3.40. The minimum atomic E-state index is -0.862. The zero-order chi connectivity index (χ0) is 11.9. The Bertz CT molecular complexity index is 232. The van der Waals surface area contributed by atoms with Gasteiger partial charge in [-0.2, -0.15) is 0 Å². The summed E-state index contributed by atoms with van der Waals surface area (Å²) in [7, 11) is 1.65. The monoisotopic (exact) mass is 216 g/mol. The van der Waals surface area contributed by atoms with Gasteiger partial charge in [-0.05, 0) is 26.3 Å². The van der Waals surface area contributed by atoms with Crippen LogP contribution in [0.4, 0.5) is 0 Å². The molecule has 0 aromatic rings. The van der Waals surface area contributed by atoms with Crippen molar-refractivity contribution in [1.82, 2.24) is 5.32 Å². The van der Waals surface area contributed by atoms with Crippen LogP contribution < -0.4 is 16.8 Å². The molecule has 0 amide bonds. The highest BCUT2D eigenvalue weighted by Crippen LogP contribution is 2.17. The Kier molecular flexibility index (Phi) is 5.69. The summed E-state index contributed by atoms with van der Waals surface area (Å²) in [6, 6.07) is 0. The first-order chi connectivity index (χ1) is 6.98. The van der Waals surface area contributed by atoms with E-state index < -0.39 is 11.5 Å². The average Bonchev–Trinajstić information content (AvgIpc) is 2.18. The highest BCUT2D eigenvalue weighted by Gasteiger charge is 2.33. The molecule has 0 aliphatic carbocycles. The van der Waals surface area contributed by atoms with Crippen LogP contribution in [0.2, 0.25) is 0 Å². The van der Waals surface area contributed by atoms with Crippen molar-refractivity contribution in [1.29, 1.82) is 0 Å². The lowest BCUT2D eigenvalue weighted by Crippen LogP contribution is -2.49. The van der Waals surface area contributed by atoms with Crippen molar-refractivity contribution in [2.45, 2.75) is 31.7 Å². The summed E-state index contributed by atoms with van der Waals surface area (Å²) in [5.74, 6) is -0.797. The van der Waals surface area contributed by atoms with E-state index in [0.29, 0.717) is 25.8 Å². The molecule has 0 aliphatic heterocycles. The largest absolute Gasteiger partial charge is 0.480 e. The molecule has 0 bridgehead atoms. The number of carboxylic acids is 1. The Morgan fingerprint density at radius 2 is 2.13 bits per heavy atom. The minimum Gasteiger partial charge on any atom is -0.480 e. The third-order valence-corrected chi connectivity index (χ3v) is 2.55. The Morgan fingerprint density at radius 1 is 1.53 bits per heavy atom. The van der Waals surface area contributed by atoms with Crippen LogP contribution in [0.5, 0.6) is 0 Å². The summed E-state index contributed by atoms with van der Waals surface area (Å²) in [6.07, 6.45) is 1.67. The summed E-state index contributed by atoms with van der Waals surface area (Å²) in [5.41, 5.74) is 9.46. The molecule has 6 N–H and O–H groups in total. The predicted molar refractivity (Wildman–Crippen MR) is 59.6 cm³/mol. The molecule has 0 unspecified atom stereocenters. The van der Waals surface area contributed by atoms with Gasteiger partial charge < -0.3 is 21.9 Å². The fourth-order valence-electron chi connectivity index (χ4n) is 1.43. The number of rotatable bonds is 7. The molecular weight excluding hydrogens is 196 g/mol. The Hall–Kier alpha value is -1.30. The molecule has 0 aromatic carbocycles. The fraction of sp³-hybridized carbons (Fsp3) is 0.778. The van der Waals surface area contributed by atoms with Crippen molar-refractivity contribution >= 4 is 11.9 Å². The van der Waals surface area contributed by atoms with Crippen LogP contribution in [0.15, 0.2) is 4.99 Å². The maximum atomic E-state index is 11.1. The van der Waals surface area contributed by atoms with E-state index in [1.165, 1.54) is 0 Å². The maximum absolute atomic E-state index is 11.1. The highest BCUT2D eigenvalue weighted by atomic mass is 16.4. The van der Waals surface area contributed by atoms with Crippen molar-refractivity contribution in [3.8, 4) is 0 Å². The van der Waals surface area contributed by atoms with Gasteiger partial charge in [0.05, 0.1) is 0 Å². The molecule has 88 valence electrons. The molecule has 0 rings (SSSR count). The summed E-state index contributed by atoms with van der Waals surface area (Å²) in [4.78, 5) is 14.9. The van der Waals surface area contributed by atoms with Gasteiger partial charge in [0.1, 0.15) is 5.54 Å². The first kappa shape index (κ1) is 13.7. The fourth-order valence-corrected chi connectivity index (χ4v) is 1.43. The smallest absolute Gasteiger partial charge is 0.323 e. The highest BCUT2D eigenvalue weighted by molar-refractivity contribution is 5.78. The van der Waals surface area contributed by atoms with Gasteiger partial charge in [-0.25, -0.2) is 0 Å². The summed E-state index contributed by atoms with van der Waals surface area (Å²) < 4.78 is 0. The zero-order valence-corrected chi connectivity index (χ0v) is 9.29. The Balaban J connectivity index is 4.19. The molecule has 0 aliphatic rings. The van der Waals surface area contributed by atoms with E-state index in [1.807, 2.05) is 6.92 Å². The van der Waals surface area contributed by atoms with Crippen LogP contribution >= 0.6 is 0 Å². The molecular formula is C9H20N4O2. The predicted octanol–water partition coefficient (Wildman–Crippen LogP) is -0.507. The lowest BCUT2D eigenvalue weighted by atomic mass is 9.91. The summed E-state index contributed by atoms with van der Waals surface area (Å²) in [6.45, 7) is 2.30. The molecule has 0 spiro atoms. The maximum Gasteiger partial charge on any atom is 0.323 e. The van der Waals surface area contributed by atoms with Crippen molar-refractivity contribution in [3.63, 3.8) is 0 Å². The quantitative estimate of drug-likeness (QED) is 0.260. The minimum absolute atomic E-state index is 0.0388. The molecule has 6 heteroatoms. The van der Waals surface area contributed by atoms with Crippen LogP contribution in [0.3, 0.4) is 0 Å². The number of nitrogens with one attached hydrogen (secondary N) is 1. The lowest BCUT2D eigenvalue weighted by Gasteiger charge is -2.27. The third-order valence-electron chi connectivity index (χ3n) is 2.55. The third kappa shape index (κ3) is 4.16. The van der Waals surface area contributed by atoms with Gasteiger partial charge in [-0.1, -0.05) is 6.92 Å². The van der Waals surface area contributed by atoms with E-state index >= 15 is 0 Å². The number of hydrogen-bond acceptors (Lipinski definition) is 3. The molecule has 15 heavy (non-hydrogen) atoms. The second kappa shape index (κ2) is 6.23. The molecule has 0 heterocycles. The average molecular weight is 216 g/mol. The molecule has 0 radical (unpaired) electrons. The summed E-state index contributed by atoms with van der Waals surface area (Å²) >= 11 is 0. The number of guanidine groups is 1. The van der Waals surface area contributed by atoms with Gasteiger partial charge >= 0.3 is 5.97 Å². The number of aliphatic imine (C=N–C) groups is 1. The number of nitrogens with two attached hydrogens (primary N) is 2. The van der Waals surface area contributed by atoms with Crippen LogP contribution in [0.1, 0.15) is 26.2 Å². The second-order valence-electron chi connectivity index (χ2n) is 3.40. The van der Waals surface area contributed by atoms with Gasteiger partial charge in [-0.15, -0.1) is 0 Å². The van der Waals surface area contributed by atoms with E-state index in [2.05, 4.69) is 10.3 Å². The topological polar surface area (TPSA) is 114 Å².